The highest BCUT2D eigenvalue weighted by atomic mass is 32.2. The van der Waals surface area contributed by atoms with Gasteiger partial charge >= 0.3 is 15.6 Å². The fraction of sp³-hybridized carbons (Fsp3) is 0.455. The summed E-state index contributed by atoms with van der Waals surface area (Å²) in [5.74, 6) is -1.92. The summed E-state index contributed by atoms with van der Waals surface area (Å²) in [6.07, 6.45) is 0. The van der Waals surface area contributed by atoms with Gasteiger partial charge in [-0.15, -0.1) is 0 Å². The van der Waals surface area contributed by atoms with Gasteiger partial charge in [0.25, 0.3) is 5.69 Å². The first kappa shape index (κ1) is 28.0. The number of nitro benzene ring substituents is 1. The van der Waals surface area contributed by atoms with Crippen molar-refractivity contribution >= 4 is 27.2 Å². The third kappa shape index (κ3) is 5.55. The van der Waals surface area contributed by atoms with Gasteiger partial charge in [0.1, 0.15) is 5.56 Å². The quantitative estimate of drug-likeness (QED) is 0.152. The molecular weight excluding hydrogens is 491 g/mol. The summed E-state index contributed by atoms with van der Waals surface area (Å²) in [5, 5.41) is 15.7. The maximum absolute atomic E-state index is 13.6. The Labute approximate surface area is 200 Å². The molecule has 0 bridgehead atoms. The lowest BCUT2D eigenvalue weighted by Crippen LogP contribution is -2.29. The lowest BCUT2D eigenvalue weighted by atomic mass is 9.90. The molecule has 0 spiro atoms. The third-order valence-corrected chi connectivity index (χ3v) is 6.27. The second kappa shape index (κ2) is 9.80. The topological polar surface area (TPSA) is 121 Å². The van der Waals surface area contributed by atoms with Gasteiger partial charge in [0.15, 0.2) is 0 Å². The largest absolute Gasteiger partial charge is 0.534 e. The van der Waals surface area contributed by atoms with Gasteiger partial charge in [0.2, 0.25) is 11.7 Å². The molecular formula is C22H26F3N3O6S. The number of aromatic nitrogens is 2. The van der Waals surface area contributed by atoms with Crippen molar-refractivity contribution in [2.45, 2.75) is 60.5 Å². The van der Waals surface area contributed by atoms with Gasteiger partial charge in [-0.1, -0.05) is 19.4 Å². The second-order valence-electron chi connectivity index (χ2n) is 8.67. The van der Waals surface area contributed by atoms with Gasteiger partial charge in [0, 0.05) is 18.2 Å². The van der Waals surface area contributed by atoms with Crippen LogP contribution in [0.5, 0.6) is 5.88 Å². The number of carbonyl (C=O) groups excluding carboxylic acids is 1. The maximum Gasteiger partial charge on any atom is 0.534 e. The zero-order valence-corrected chi connectivity index (χ0v) is 21.1. The Balaban J connectivity index is 2.84. The van der Waals surface area contributed by atoms with Crippen molar-refractivity contribution < 1.29 is 35.5 Å². The van der Waals surface area contributed by atoms with Crippen LogP contribution in [-0.4, -0.2) is 34.4 Å². The number of rotatable bonds is 8. The fourth-order valence-corrected chi connectivity index (χ4v) is 3.95. The summed E-state index contributed by atoms with van der Waals surface area (Å²) in [5.41, 5.74) is -4.87. The number of benzene rings is 1. The highest BCUT2D eigenvalue weighted by Gasteiger charge is 2.50. The van der Waals surface area contributed by atoms with Gasteiger partial charge in [-0.25, -0.2) is 4.68 Å². The molecule has 0 fully saturated rings. The van der Waals surface area contributed by atoms with Gasteiger partial charge in [-0.05, 0) is 57.7 Å². The standard InChI is InChI=1S/C22H26F3N3O6S/c1-11(2)10-27-21(34-35(32,33)22(23,24)25)19(15(7)26-27)20(29)16-8-9-17(28(30)31)18(14(16)6)13(5)12(3)4/h8-9,11H,10H2,1-7H3. The minimum atomic E-state index is -6.10. The first-order valence-corrected chi connectivity index (χ1v) is 11.9. The number of ketones is 1. The van der Waals surface area contributed by atoms with Crippen molar-refractivity contribution in [3.63, 3.8) is 0 Å². The van der Waals surface area contributed by atoms with Crippen LogP contribution in [0.15, 0.2) is 17.7 Å². The van der Waals surface area contributed by atoms with Crippen LogP contribution in [0.3, 0.4) is 0 Å². The zero-order chi connectivity index (χ0) is 27.0. The number of alkyl halides is 3. The van der Waals surface area contributed by atoms with E-state index >= 15 is 0 Å². The molecule has 0 aliphatic heterocycles. The molecule has 2 aromatic rings. The van der Waals surface area contributed by atoms with E-state index in [1.807, 2.05) is 0 Å². The molecule has 35 heavy (non-hydrogen) atoms. The summed E-state index contributed by atoms with van der Waals surface area (Å²) in [6, 6.07) is 2.31. The third-order valence-electron chi connectivity index (χ3n) is 5.33. The Morgan fingerprint density at radius 2 is 1.74 bits per heavy atom. The minimum absolute atomic E-state index is 0.0296. The van der Waals surface area contributed by atoms with E-state index in [9.17, 15) is 36.5 Å². The number of allylic oxidation sites excluding steroid dienone is 2. The van der Waals surface area contributed by atoms with E-state index in [1.165, 1.54) is 19.9 Å². The highest BCUT2D eigenvalue weighted by Crippen LogP contribution is 2.36. The van der Waals surface area contributed by atoms with Crippen molar-refractivity contribution in [1.29, 1.82) is 0 Å². The van der Waals surface area contributed by atoms with E-state index < -0.39 is 37.8 Å². The molecule has 1 heterocycles. The Bertz CT molecular complexity index is 1320. The van der Waals surface area contributed by atoms with Crippen molar-refractivity contribution in [1.82, 2.24) is 9.78 Å². The van der Waals surface area contributed by atoms with E-state index in [0.29, 0.717) is 5.57 Å². The predicted molar refractivity (Wildman–Crippen MR) is 123 cm³/mol. The Morgan fingerprint density at radius 3 is 2.20 bits per heavy atom. The summed E-state index contributed by atoms with van der Waals surface area (Å²) in [7, 11) is -6.10. The average molecular weight is 518 g/mol. The molecule has 0 saturated carbocycles. The van der Waals surface area contributed by atoms with Crippen LogP contribution < -0.4 is 4.18 Å². The van der Waals surface area contributed by atoms with E-state index in [2.05, 4.69) is 9.28 Å². The number of aryl methyl sites for hydroxylation is 1. The molecule has 0 aliphatic carbocycles. The molecule has 192 valence electrons. The second-order valence-corrected chi connectivity index (χ2v) is 10.2. The lowest BCUT2D eigenvalue weighted by Gasteiger charge is -2.15. The fourth-order valence-electron chi connectivity index (χ4n) is 3.48. The van der Waals surface area contributed by atoms with Crippen LogP contribution in [0.25, 0.3) is 5.57 Å². The molecule has 1 aromatic heterocycles. The normalized spacial score (nSPS) is 12.1. The molecule has 1 aromatic carbocycles. The molecule has 2 rings (SSSR count). The molecule has 0 saturated heterocycles. The number of nitro groups is 1. The van der Waals surface area contributed by atoms with Crippen LogP contribution >= 0.6 is 0 Å². The molecule has 13 heteroatoms. The SMILES string of the molecule is CC(C)=C(C)c1c([N+](=O)[O-])ccc(C(=O)c2c(C)nn(CC(C)C)c2OS(=O)(=O)C(F)(F)F)c1C. The summed E-state index contributed by atoms with van der Waals surface area (Å²) in [6.45, 7) is 11.3. The number of nitrogens with zero attached hydrogens (tertiary/aromatic N) is 3. The number of halogens is 3. The van der Waals surface area contributed by atoms with Crippen LogP contribution in [0.1, 0.15) is 67.4 Å². The molecule has 0 radical (unpaired) electrons. The Kier molecular flexibility index (Phi) is 7.84. The van der Waals surface area contributed by atoms with E-state index in [-0.39, 0.29) is 40.5 Å². The van der Waals surface area contributed by atoms with Gasteiger partial charge < -0.3 is 4.18 Å². The van der Waals surface area contributed by atoms with Crippen molar-refractivity contribution in [3.05, 3.63) is 55.8 Å². The number of hydrogen-bond acceptors (Lipinski definition) is 7. The number of hydrogen-bond donors (Lipinski definition) is 0. The molecule has 0 unspecified atom stereocenters. The predicted octanol–water partition coefficient (Wildman–Crippen LogP) is 5.34. The summed E-state index contributed by atoms with van der Waals surface area (Å²) in [4.78, 5) is 24.6. The van der Waals surface area contributed by atoms with Gasteiger partial charge in [-0.2, -0.15) is 26.7 Å². The molecule has 0 amide bonds. The zero-order valence-electron chi connectivity index (χ0n) is 20.3. The first-order valence-electron chi connectivity index (χ1n) is 10.5. The lowest BCUT2D eigenvalue weighted by molar-refractivity contribution is -0.385. The van der Waals surface area contributed by atoms with E-state index in [4.69, 9.17) is 0 Å². The van der Waals surface area contributed by atoms with E-state index in [1.54, 1.807) is 34.6 Å². The van der Waals surface area contributed by atoms with Crippen molar-refractivity contribution in [2.24, 2.45) is 5.92 Å². The summed E-state index contributed by atoms with van der Waals surface area (Å²) < 4.78 is 68.2. The maximum atomic E-state index is 13.6. The van der Waals surface area contributed by atoms with Crippen LogP contribution in [0, 0.1) is 29.9 Å². The van der Waals surface area contributed by atoms with Gasteiger partial charge in [-0.3, -0.25) is 14.9 Å². The molecule has 0 aliphatic rings. The Hall–Kier alpha value is -3.22. The first-order chi connectivity index (χ1) is 15.9. The smallest absolute Gasteiger partial charge is 0.355 e. The minimum Gasteiger partial charge on any atom is -0.355 e. The summed E-state index contributed by atoms with van der Waals surface area (Å²) >= 11 is 0. The molecule has 0 N–H and O–H groups in total. The highest BCUT2D eigenvalue weighted by molar-refractivity contribution is 7.88. The van der Waals surface area contributed by atoms with Gasteiger partial charge in [0.05, 0.1) is 16.2 Å². The molecule has 0 atom stereocenters. The average Bonchev–Trinajstić information content (AvgIpc) is 2.98. The Morgan fingerprint density at radius 1 is 1.17 bits per heavy atom. The van der Waals surface area contributed by atoms with Crippen LogP contribution in [0.4, 0.5) is 18.9 Å². The number of carbonyl (C=O) groups is 1. The van der Waals surface area contributed by atoms with Crippen LogP contribution in [0.2, 0.25) is 0 Å². The van der Waals surface area contributed by atoms with E-state index in [0.717, 1.165) is 16.3 Å². The monoisotopic (exact) mass is 517 g/mol. The van der Waals surface area contributed by atoms with Crippen LogP contribution in [-0.2, 0) is 16.7 Å². The molecule has 9 nitrogen and oxygen atoms in total. The van der Waals surface area contributed by atoms with Crippen molar-refractivity contribution in [2.75, 3.05) is 0 Å². The van der Waals surface area contributed by atoms with Crippen molar-refractivity contribution in [3.8, 4) is 5.88 Å².